The van der Waals surface area contributed by atoms with E-state index in [9.17, 15) is 13.2 Å². The van der Waals surface area contributed by atoms with E-state index < -0.39 is 12.0 Å². The van der Waals surface area contributed by atoms with Crippen molar-refractivity contribution in [3.63, 3.8) is 0 Å². The van der Waals surface area contributed by atoms with Crippen molar-refractivity contribution in [1.29, 1.82) is 0 Å². The molecule has 124 valence electrons. The first-order chi connectivity index (χ1) is 11.0. The molecule has 0 unspecified atom stereocenters. The summed E-state index contributed by atoms with van der Waals surface area (Å²) in [6.07, 6.45) is -2.76. The van der Waals surface area contributed by atoms with Crippen LogP contribution in [0.3, 0.4) is 0 Å². The number of aromatic nitrogens is 2. The first kappa shape index (κ1) is 16.0. The molecule has 0 saturated carbocycles. The van der Waals surface area contributed by atoms with Crippen molar-refractivity contribution in [3.8, 4) is 0 Å². The minimum absolute atomic E-state index is 0.136. The van der Waals surface area contributed by atoms with Crippen molar-refractivity contribution in [3.05, 3.63) is 30.1 Å². The summed E-state index contributed by atoms with van der Waals surface area (Å²) in [6, 6.07) is 6.93. The summed E-state index contributed by atoms with van der Waals surface area (Å²) in [5, 5.41) is 3.83. The molecule has 0 amide bonds. The molecule has 1 aliphatic heterocycles. The van der Waals surface area contributed by atoms with Gasteiger partial charge >= 0.3 is 6.18 Å². The molecular formula is C16H19F3N4. The quantitative estimate of drug-likeness (QED) is 0.937. The highest BCUT2D eigenvalue weighted by molar-refractivity contribution is 5.89. The van der Waals surface area contributed by atoms with Gasteiger partial charge in [0.2, 0.25) is 5.82 Å². The van der Waals surface area contributed by atoms with Crippen LogP contribution in [0.1, 0.15) is 25.6 Å². The largest absolute Gasteiger partial charge is 0.451 e. The standard InChI is InChI=1S/C16H19F3N4/c1-2-23-9-7-11(8-10-23)20-14-12-5-3-4-6-13(12)21-15(22-14)16(17,18)19/h3-6,11H,2,7-10H2,1H3,(H,20,21,22). The van der Waals surface area contributed by atoms with Crippen LogP contribution in [-0.2, 0) is 6.18 Å². The Morgan fingerprint density at radius 3 is 2.52 bits per heavy atom. The van der Waals surface area contributed by atoms with Gasteiger partial charge < -0.3 is 10.2 Å². The fourth-order valence-electron chi connectivity index (χ4n) is 2.90. The molecule has 23 heavy (non-hydrogen) atoms. The van der Waals surface area contributed by atoms with Gasteiger partial charge in [-0.05, 0) is 31.5 Å². The zero-order chi connectivity index (χ0) is 16.4. The van der Waals surface area contributed by atoms with Gasteiger partial charge in [-0.3, -0.25) is 0 Å². The summed E-state index contributed by atoms with van der Waals surface area (Å²) in [4.78, 5) is 9.72. The first-order valence-electron chi connectivity index (χ1n) is 7.80. The number of para-hydroxylation sites is 1. The Bertz CT molecular complexity index is 679. The van der Waals surface area contributed by atoms with Crippen molar-refractivity contribution in [2.45, 2.75) is 32.0 Å². The summed E-state index contributed by atoms with van der Waals surface area (Å²) < 4.78 is 39.0. The van der Waals surface area contributed by atoms with E-state index in [1.165, 1.54) is 0 Å². The van der Waals surface area contributed by atoms with Crippen LogP contribution >= 0.6 is 0 Å². The van der Waals surface area contributed by atoms with Crippen LogP contribution in [0.5, 0.6) is 0 Å². The maximum absolute atomic E-state index is 13.0. The fraction of sp³-hybridized carbons (Fsp3) is 0.500. The Hall–Kier alpha value is -1.89. The Kier molecular flexibility index (Phi) is 4.39. The molecule has 0 atom stereocenters. The van der Waals surface area contributed by atoms with Gasteiger partial charge in [0.25, 0.3) is 0 Å². The van der Waals surface area contributed by atoms with E-state index in [0.29, 0.717) is 10.9 Å². The topological polar surface area (TPSA) is 41.0 Å². The van der Waals surface area contributed by atoms with Crippen LogP contribution in [0, 0.1) is 0 Å². The monoisotopic (exact) mass is 324 g/mol. The summed E-state index contributed by atoms with van der Waals surface area (Å²) in [5.74, 6) is -0.817. The van der Waals surface area contributed by atoms with Crippen molar-refractivity contribution < 1.29 is 13.2 Å². The lowest BCUT2D eigenvalue weighted by atomic mass is 10.0. The number of nitrogens with zero attached hydrogens (tertiary/aromatic N) is 3. The lowest BCUT2D eigenvalue weighted by Crippen LogP contribution is -2.39. The Morgan fingerprint density at radius 2 is 1.87 bits per heavy atom. The summed E-state index contributed by atoms with van der Waals surface area (Å²) in [7, 11) is 0. The lowest BCUT2D eigenvalue weighted by Gasteiger charge is -2.32. The van der Waals surface area contributed by atoms with Crippen molar-refractivity contribution in [1.82, 2.24) is 14.9 Å². The summed E-state index contributed by atoms with van der Waals surface area (Å²) in [6.45, 7) is 5.01. The Morgan fingerprint density at radius 1 is 1.17 bits per heavy atom. The number of anilines is 1. The number of piperidine rings is 1. The third-order valence-electron chi connectivity index (χ3n) is 4.23. The fourth-order valence-corrected chi connectivity index (χ4v) is 2.90. The molecule has 7 heteroatoms. The number of alkyl halides is 3. The van der Waals surface area contributed by atoms with E-state index in [4.69, 9.17) is 0 Å². The van der Waals surface area contributed by atoms with E-state index >= 15 is 0 Å². The predicted molar refractivity (Wildman–Crippen MR) is 83.3 cm³/mol. The lowest BCUT2D eigenvalue weighted by molar-refractivity contribution is -0.144. The summed E-state index contributed by atoms with van der Waals surface area (Å²) in [5.41, 5.74) is 0.309. The van der Waals surface area contributed by atoms with Gasteiger partial charge in [-0.25, -0.2) is 9.97 Å². The minimum atomic E-state index is -4.55. The molecule has 2 aromatic rings. The highest BCUT2D eigenvalue weighted by Gasteiger charge is 2.35. The van der Waals surface area contributed by atoms with Crippen molar-refractivity contribution in [2.24, 2.45) is 0 Å². The molecule has 1 aliphatic rings. The van der Waals surface area contributed by atoms with Gasteiger partial charge in [0.15, 0.2) is 0 Å². The molecule has 0 radical (unpaired) electrons. The normalized spacial score (nSPS) is 17.6. The smallest absolute Gasteiger partial charge is 0.367 e. The third-order valence-corrected chi connectivity index (χ3v) is 4.23. The number of hydrogen-bond donors (Lipinski definition) is 1. The zero-order valence-electron chi connectivity index (χ0n) is 12.9. The van der Waals surface area contributed by atoms with Gasteiger partial charge in [0, 0.05) is 24.5 Å². The first-order valence-corrected chi connectivity index (χ1v) is 7.80. The maximum Gasteiger partial charge on any atom is 0.451 e. The van der Waals surface area contributed by atoms with Gasteiger partial charge in [0.1, 0.15) is 5.82 Å². The molecule has 0 spiro atoms. The summed E-state index contributed by atoms with van der Waals surface area (Å²) >= 11 is 0. The third kappa shape index (κ3) is 3.55. The van der Waals surface area contributed by atoms with Crippen LogP contribution in [0.4, 0.5) is 19.0 Å². The van der Waals surface area contributed by atoms with Crippen molar-refractivity contribution >= 4 is 16.7 Å². The molecule has 1 saturated heterocycles. The average molecular weight is 324 g/mol. The van der Waals surface area contributed by atoms with Gasteiger partial charge in [0.05, 0.1) is 5.52 Å². The Labute approximate surface area is 132 Å². The molecule has 3 rings (SSSR count). The number of hydrogen-bond acceptors (Lipinski definition) is 4. The molecule has 1 aromatic carbocycles. The average Bonchev–Trinajstić information content (AvgIpc) is 2.54. The van der Waals surface area contributed by atoms with E-state index in [1.54, 1.807) is 24.3 Å². The van der Waals surface area contributed by atoms with Crippen LogP contribution in [0.25, 0.3) is 10.9 Å². The zero-order valence-corrected chi connectivity index (χ0v) is 12.9. The van der Waals surface area contributed by atoms with Crippen LogP contribution in [0.2, 0.25) is 0 Å². The number of nitrogens with one attached hydrogen (secondary N) is 1. The van der Waals surface area contributed by atoms with E-state index in [0.717, 1.165) is 32.5 Å². The number of benzene rings is 1. The molecule has 1 N–H and O–H groups in total. The number of likely N-dealkylation sites (tertiary alicyclic amines) is 1. The molecule has 1 fully saturated rings. The second-order valence-electron chi connectivity index (χ2n) is 5.76. The molecule has 0 bridgehead atoms. The van der Waals surface area contributed by atoms with Crippen LogP contribution in [0.15, 0.2) is 24.3 Å². The SMILES string of the molecule is CCN1CCC(Nc2nc(C(F)(F)F)nc3ccccc23)CC1. The molecular weight excluding hydrogens is 305 g/mol. The van der Waals surface area contributed by atoms with Crippen LogP contribution < -0.4 is 5.32 Å². The highest BCUT2D eigenvalue weighted by atomic mass is 19.4. The number of rotatable bonds is 3. The van der Waals surface area contributed by atoms with E-state index in [-0.39, 0.29) is 11.9 Å². The van der Waals surface area contributed by atoms with E-state index in [2.05, 4.69) is 27.1 Å². The van der Waals surface area contributed by atoms with Crippen LogP contribution in [-0.4, -0.2) is 40.5 Å². The van der Waals surface area contributed by atoms with Gasteiger partial charge in [-0.1, -0.05) is 19.1 Å². The maximum atomic E-state index is 13.0. The molecule has 1 aromatic heterocycles. The number of fused-ring (bicyclic) bond motifs is 1. The van der Waals surface area contributed by atoms with Gasteiger partial charge in [-0.2, -0.15) is 13.2 Å². The predicted octanol–water partition coefficient (Wildman–Crippen LogP) is 3.54. The molecule has 4 nitrogen and oxygen atoms in total. The second kappa shape index (κ2) is 6.31. The Balaban J connectivity index is 1.90. The number of halogens is 3. The molecule has 2 heterocycles. The van der Waals surface area contributed by atoms with Gasteiger partial charge in [-0.15, -0.1) is 0 Å². The minimum Gasteiger partial charge on any atom is -0.367 e. The second-order valence-corrected chi connectivity index (χ2v) is 5.76. The highest BCUT2D eigenvalue weighted by Crippen LogP contribution is 2.31. The van der Waals surface area contributed by atoms with Crippen molar-refractivity contribution in [2.75, 3.05) is 25.0 Å². The molecule has 0 aliphatic carbocycles. The van der Waals surface area contributed by atoms with E-state index in [1.807, 2.05) is 0 Å².